The molecule has 0 spiro atoms. The van der Waals surface area contributed by atoms with E-state index in [1.807, 2.05) is 44.2 Å². The highest BCUT2D eigenvalue weighted by Gasteiger charge is 2.31. The van der Waals surface area contributed by atoms with Gasteiger partial charge in [0.1, 0.15) is 12.6 Å². The summed E-state index contributed by atoms with van der Waals surface area (Å²) < 4.78 is 14.8. The topological polar surface area (TPSA) is 135 Å². The Labute approximate surface area is 195 Å². The number of nitrogens with one attached hydrogen (secondary N) is 3. The molecule has 10 nitrogen and oxygen atoms in total. The van der Waals surface area contributed by atoms with Gasteiger partial charge in [-0.2, -0.15) is 0 Å². The molecule has 0 radical (unpaired) electrons. The summed E-state index contributed by atoms with van der Waals surface area (Å²) in [4.78, 5) is 37.6. The summed E-state index contributed by atoms with van der Waals surface area (Å²) in [7, 11) is 2.99. The summed E-state index contributed by atoms with van der Waals surface area (Å²) in [5.41, 5.74) is 0.832. The summed E-state index contributed by atoms with van der Waals surface area (Å²) in [5.74, 6) is -1.05. The molecule has 0 aliphatic carbocycles. The van der Waals surface area contributed by atoms with Crippen LogP contribution in [0.2, 0.25) is 0 Å². The monoisotopic (exact) mass is 467 g/mol. The highest BCUT2D eigenvalue weighted by Crippen LogP contribution is 2.10. The van der Waals surface area contributed by atoms with Crippen molar-refractivity contribution in [2.75, 3.05) is 40.6 Å². The zero-order valence-corrected chi connectivity index (χ0v) is 19.8. The van der Waals surface area contributed by atoms with Crippen molar-refractivity contribution >= 4 is 17.9 Å². The van der Waals surface area contributed by atoms with Crippen LogP contribution in [0.5, 0.6) is 0 Å². The molecule has 0 bridgehead atoms. The first-order chi connectivity index (χ1) is 15.8. The van der Waals surface area contributed by atoms with Crippen molar-refractivity contribution in [2.45, 2.75) is 44.9 Å². The predicted octanol–water partition coefficient (Wildman–Crippen LogP) is 0.625. The van der Waals surface area contributed by atoms with Gasteiger partial charge >= 0.3 is 6.09 Å². The van der Waals surface area contributed by atoms with Crippen LogP contribution in [0.15, 0.2) is 30.3 Å². The summed E-state index contributed by atoms with van der Waals surface area (Å²) in [6.45, 7) is 4.63. The number of alkyl carbamates (subject to hydrolysis) is 1. The molecule has 0 fully saturated rings. The van der Waals surface area contributed by atoms with Crippen LogP contribution in [0.25, 0.3) is 0 Å². The Morgan fingerprint density at radius 3 is 2.21 bits per heavy atom. The maximum absolute atomic E-state index is 13.1. The standard InChI is InChI=1S/C23H37N3O7/c1-16(2)14-19(26-23(30)33-13-12-32-4)21(28)25-18(15-17-8-6-5-7-9-17)20(27)22(29)24-10-11-31-3/h5-9,16,18-20,27H,10-15H2,1-4H3,(H,24,29)(H,25,28)(H,26,30). The normalized spacial score (nSPS) is 13.6. The molecule has 0 aliphatic rings. The zero-order chi connectivity index (χ0) is 24.6. The van der Waals surface area contributed by atoms with E-state index in [2.05, 4.69) is 16.0 Å². The molecule has 1 rings (SSSR count). The number of methoxy groups -OCH3 is 2. The van der Waals surface area contributed by atoms with Crippen molar-refractivity contribution in [3.8, 4) is 0 Å². The van der Waals surface area contributed by atoms with Gasteiger partial charge in [-0.05, 0) is 24.3 Å². The number of amides is 3. The second-order valence-electron chi connectivity index (χ2n) is 7.99. The Morgan fingerprint density at radius 1 is 0.939 bits per heavy atom. The van der Waals surface area contributed by atoms with Crippen molar-refractivity contribution in [2.24, 2.45) is 5.92 Å². The van der Waals surface area contributed by atoms with E-state index in [0.29, 0.717) is 13.0 Å². The fourth-order valence-corrected chi connectivity index (χ4v) is 3.06. The zero-order valence-electron chi connectivity index (χ0n) is 19.8. The molecule has 0 saturated carbocycles. The summed E-state index contributed by atoms with van der Waals surface area (Å²) in [5, 5.41) is 18.6. The van der Waals surface area contributed by atoms with E-state index in [-0.39, 0.29) is 32.1 Å². The van der Waals surface area contributed by atoms with Gasteiger partial charge in [-0.25, -0.2) is 4.79 Å². The molecule has 3 unspecified atom stereocenters. The number of carbonyl (C=O) groups is 3. The fourth-order valence-electron chi connectivity index (χ4n) is 3.06. The first kappa shape index (κ1) is 28.3. The number of carbonyl (C=O) groups excluding carboxylic acids is 3. The van der Waals surface area contributed by atoms with Crippen LogP contribution in [-0.2, 0) is 30.2 Å². The number of hydrogen-bond acceptors (Lipinski definition) is 7. The van der Waals surface area contributed by atoms with Crippen molar-refractivity contribution in [1.29, 1.82) is 0 Å². The van der Waals surface area contributed by atoms with Crippen molar-refractivity contribution in [3.63, 3.8) is 0 Å². The van der Waals surface area contributed by atoms with Gasteiger partial charge in [-0.15, -0.1) is 0 Å². The third-order valence-electron chi connectivity index (χ3n) is 4.72. The number of ether oxygens (including phenoxy) is 3. The molecule has 0 aromatic heterocycles. The van der Waals surface area contributed by atoms with E-state index < -0.39 is 36.1 Å². The molecule has 0 heterocycles. The average molecular weight is 468 g/mol. The average Bonchev–Trinajstić information content (AvgIpc) is 2.78. The molecule has 0 saturated heterocycles. The van der Waals surface area contributed by atoms with Crippen molar-refractivity contribution < 1.29 is 33.7 Å². The second-order valence-corrected chi connectivity index (χ2v) is 7.99. The Hall–Kier alpha value is -2.69. The first-order valence-electron chi connectivity index (χ1n) is 11.0. The lowest BCUT2D eigenvalue weighted by atomic mass is 9.98. The maximum atomic E-state index is 13.1. The van der Waals surface area contributed by atoms with Crippen molar-refractivity contribution in [3.05, 3.63) is 35.9 Å². The molecule has 10 heteroatoms. The molecule has 1 aromatic carbocycles. The minimum Gasteiger partial charge on any atom is -0.447 e. The Kier molecular flexibility index (Phi) is 13.7. The van der Waals surface area contributed by atoms with Crippen LogP contribution in [0.3, 0.4) is 0 Å². The number of aliphatic hydroxyl groups excluding tert-OH is 1. The van der Waals surface area contributed by atoms with E-state index in [9.17, 15) is 19.5 Å². The minimum absolute atomic E-state index is 0.0509. The third kappa shape index (κ3) is 11.7. The maximum Gasteiger partial charge on any atom is 0.407 e. The highest BCUT2D eigenvalue weighted by atomic mass is 16.6. The molecular formula is C23H37N3O7. The highest BCUT2D eigenvalue weighted by molar-refractivity contribution is 5.87. The quantitative estimate of drug-likeness (QED) is 0.278. The van der Waals surface area contributed by atoms with Gasteiger partial charge in [0.05, 0.1) is 19.3 Å². The first-order valence-corrected chi connectivity index (χ1v) is 11.0. The number of benzene rings is 1. The third-order valence-corrected chi connectivity index (χ3v) is 4.72. The van der Waals surface area contributed by atoms with Crippen LogP contribution in [0.1, 0.15) is 25.8 Å². The number of rotatable bonds is 15. The lowest BCUT2D eigenvalue weighted by molar-refractivity contribution is -0.132. The van der Waals surface area contributed by atoms with Gasteiger partial charge in [-0.1, -0.05) is 44.2 Å². The molecule has 0 aliphatic heterocycles. The summed E-state index contributed by atoms with van der Waals surface area (Å²) >= 11 is 0. The van der Waals surface area contributed by atoms with Gasteiger partial charge in [-0.3, -0.25) is 9.59 Å². The smallest absolute Gasteiger partial charge is 0.407 e. The van der Waals surface area contributed by atoms with Crippen LogP contribution in [0, 0.1) is 5.92 Å². The second kappa shape index (κ2) is 16.0. The Balaban J connectivity index is 2.93. The van der Waals surface area contributed by atoms with Crippen LogP contribution < -0.4 is 16.0 Å². The fraction of sp³-hybridized carbons (Fsp3) is 0.609. The lowest BCUT2D eigenvalue weighted by Crippen LogP contribution is -2.56. The number of hydrogen-bond donors (Lipinski definition) is 4. The summed E-state index contributed by atoms with van der Waals surface area (Å²) in [6.07, 6.45) is -1.68. The molecule has 1 aromatic rings. The number of aliphatic hydroxyl groups is 1. The minimum atomic E-state index is -1.50. The molecule has 4 N–H and O–H groups in total. The molecule has 33 heavy (non-hydrogen) atoms. The predicted molar refractivity (Wildman–Crippen MR) is 123 cm³/mol. The van der Waals surface area contributed by atoms with Gasteiger partial charge in [0, 0.05) is 20.8 Å². The van der Waals surface area contributed by atoms with E-state index in [1.54, 1.807) is 0 Å². The van der Waals surface area contributed by atoms with Crippen molar-refractivity contribution in [1.82, 2.24) is 16.0 Å². The van der Waals surface area contributed by atoms with Gasteiger partial charge < -0.3 is 35.3 Å². The van der Waals surface area contributed by atoms with Crippen LogP contribution >= 0.6 is 0 Å². The SMILES string of the molecule is COCCNC(=O)C(O)C(Cc1ccccc1)NC(=O)C(CC(C)C)NC(=O)OCCOC. The van der Waals surface area contributed by atoms with Gasteiger partial charge in [0.25, 0.3) is 5.91 Å². The largest absolute Gasteiger partial charge is 0.447 e. The van der Waals surface area contributed by atoms with Gasteiger partial charge in [0.15, 0.2) is 6.10 Å². The Morgan fingerprint density at radius 2 is 1.61 bits per heavy atom. The van der Waals surface area contributed by atoms with E-state index >= 15 is 0 Å². The molecule has 3 amide bonds. The van der Waals surface area contributed by atoms with Gasteiger partial charge in [0.2, 0.25) is 5.91 Å². The van der Waals surface area contributed by atoms with Crippen LogP contribution in [-0.4, -0.2) is 81.8 Å². The lowest BCUT2D eigenvalue weighted by Gasteiger charge is -2.27. The van der Waals surface area contributed by atoms with E-state index in [4.69, 9.17) is 14.2 Å². The van der Waals surface area contributed by atoms with E-state index in [1.165, 1.54) is 14.2 Å². The summed E-state index contributed by atoms with van der Waals surface area (Å²) in [6, 6.07) is 7.38. The van der Waals surface area contributed by atoms with Crippen LogP contribution in [0.4, 0.5) is 4.79 Å². The Bertz CT molecular complexity index is 715. The molecule has 186 valence electrons. The molecular weight excluding hydrogens is 430 g/mol. The molecule has 3 atom stereocenters. The van der Waals surface area contributed by atoms with E-state index in [0.717, 1.165) is 5.56 Å².